The second-order valence-corrected chi connectivity index (χ2v) is 15.6. The molecule has 0 radical (unpaired) electrons. The number of rotatable bonds is 4. The van der Waals surface area contributed by atoms with Gasteiger partial charge in [0.1, 0.15) is 0 Å². The summed E-state index contributed by atoms with van der Waals surface area (Å²) in [4.78, 5) is 7.82. The van der Waals surface area contributed by atoms with Gasteiger partial charge in [-0.25, -0.2) is 0 Å². The van der Waals surface area contributed by atoms with E-state index in [-0.39, 0.29) is 0 Å². The standard InChI is InChI=1S/C48H49N3/c1-49-45-18-7-5-14-34(45)29-35-19-20-36(30-46(35)49)47-41-23-21-38(51-27-10-3-11-28-51)32-44(41)48(40-17-12-15-33-13-4-6-16-39(33)40)42-24-22-37(31-43(42)47)50-25-8-2-9-26-50/h4-6,12-17,21-24,30-32H,2-3,7-11,18-20,25-29H2,1H3. The maximum atomic E-state index is 2.64. The van der Waals surface area contributed by atoms with Crippen molar-refractivity contribution in [3.63, 3.8) is 0 Å². The predicted octanol–water partition coefficient (Wildman–Crippen LogP) is 12.2. The lowest BCUT2D eigenvalue weighted by Gasteiger charge is -2.37. The molecule has 0 atom stereocenters. The number of hydrogen-bond donors (Lipinski definition) is 0. The third-order valence-corrected chi connectivity index (χ3v) is 12.7. The highest BCUT2D eigenvalue weighted by atomic mass is 15.1. The zero-order chi connectivity index (χ0) is 33.9. The van der Waals surface area contributed by atoms with Gasteiger partial charge in [0, 0.05) is 56.0 Å². The van der Waals surface area contributed by atoms with Gasteiger partial charge in [-0.2, -0.15) is 0 Å². The van der Waals surface area contributed by atoms with Crippen LogP contribution < -0.4 is 9.80 Å². The van der Waals surface area contributed by atoms with E-state index in [2.05, 4.69) is 119 Å². The Morgan fingerprint density at radius 2 is 1.24 bits per heavy atom. The van der Waals surface area contributed by atoms with Crippen molar-refractivity contribution in [3.05, 3.63) is 125 Å². The molecule has 256 valence electrons. The molecule has 3 heterocycles. The highest BCUT2D eigenvalue weighted by Gasteiger charge is 2.29. The Morgan fingerprint density at radius 3 is 1.98 bits per heavy atom. The van der Waals surface area contributed by atoms with Crippen LogP contribution in [0.2, 0.25) is 0 Å². The molecule has 0 aromatic heterocycles. The molecule has 5 aromatic rings. The summed E-state index contributed by atoms with van der Waals surface area (Å²) >= 11 is 0. The van der Waals surface area contributed by atoms with Crippen LogP contribution in [0.25, 0.3) is 49.0 Å². The molecule has 3 heteroatoms. The average Bonchev–Trinajstić information content (AvgIpc) is 3.20. The average molecular weight is 668 g/mol. The molecule has 5 aliphatic rings. The molecule has 0 saturated carbocycles. The first-order chi connectivity index (χ1) is 25.2. The van der Waals surface area contributed by atoms with Gasteiger partial charge < -0.3 is 14.7 Å². The normalized spacial score (nSPS) is 19.6. The lowest BCUT2D eigenvalue weighted by molar-refractivity contribution is 0.473. The fourth-order valence-corrected chi connectivity index (χ4v) is 10.1. The Kier molecular flexibility index (Phi) is 7.77. The number of fused-ring (bicyclic) bond motifs is 3. The van der Waals surface area contributed by atoms with E-state index < -0.39 is 0 Å². The van der Waals surface area contributed by atoms with Gasteiger partial charge in [0.25, 0.3) is 0 Å². The van der Waals surface area contributed by atoms with Gasteiger partial charge in [-0.1, -0.05) is 66.7 Å². The number of piperidine rings is 2. The number of hydrogen-bond acceptors (Lipinski definition) is 3. The minimum absolute atomic E-state index is 1.08. The minimum Gasteiger partial charge on any atom is -0.372 e. The van der Waals surface area contributed by atoms with Crippen LogP contribution >= 0.6 is 0 Å². The first-order valence-electron chi connectivity index (χ1n) is 19.8. The Morgan fingerprint density at radius 1 is 0.569 bits per heavy atom. The summed E-state index contributed by atoms with van der Waals surface area (Å²) in [7, 11) is 2.32. The summed E-state index contributed by atoms with van der Waals surface area (Å²) in [5.41, 5.74) is 14.5. The summed E-state index contributed by atoms with van der Waals surface area (Å²) in [5, 5.41) is 8.22. The molecule has 51 heavy (non-hydrogen) atoms. The molecule has 5 aromatic carbocycles. The summed E-state index contributed by atoms with van der Waals surface area (Å²) < 4.78 is 0. The van der Waals surface area contributed by atoms with Gasteiger partial charge in [-0.05, 0) is 167 Å². The maximum absolute atomic E-state index is 2.64. The van der Waals surface area contributed by atoms with Crippen molar-refractivity contribution in [2.24, 2.45) is 0 Å². The van der Waals surface area contributed by atoms with Gasteiger partial charge >= 0.3 is 0 Å². The van der Waals surface area contributed by atoms with E-state index in [4.69, 9.17) is 0 Å². The van der Waals surface area contributed by atoms with Crippen LogP contribution in [0.15, 0.2) is 120 Å². The Hall–Kier alpha value is -4.76. The van der Waals surface area contributed by atoms with Crippen molar-refractivity contribution in [2.75, 3.05) is 43.0 Å². The molecule has 0 spiro atoms. The van der Waals surface area contributed by atoms with E-state index in [9.17, 15) is 0 Å². The molecule has 2 aliphatic carbocycles. The Balaban J connectivity index is 1.26. The zero-order valence-corrected chi connectivity index (χ0v) is 30.2. The SMILES string of the molecule is CN1C2=C(CCC(c3c4cc(N5CCCCC5)ccc4c(-c4cccc5ccccc45)c4cc(N5CCCCC5)ccc34)=C2)CC2=C1CCC=C2. The Bertz CT molecular complexity index is 2320. The van der Waals surface area contributed by atoms with Crippen molar-refractivity contribution in [1.82, 2.24) is 4.90 Å². The van der Waals surface area contributed by atoms with E-state index in [0.29, 0.717) is 0 Å². The molecule has 0 N–H and O–H groups in total. The molecular weight excluding hydrogens is 619 g/mol. The molecule has 0 bridgehead atoms. The monoisotopic (exact) mass is 667 g/mol. The molecule has 0 unspecified atom stereocenters. The molecule has 10 rings (SSSR count). The third kappa shape index (κ3) is 5.31. The third-order valence-electron chi connectivity index (χ3n) is 12.7. The molecule has 3 nitrogen and oxygen atoms in total. The second-order valence-electron chi connectivity index (χ2n) is 15.6. The number of likely N-dealkylation sites (N-methyl/N-ethyl adjacent to an activating group) is 1. The maximum Gasteiger partial charge on any atom is 0.0404 e. The molecule has 3 aliphatic heterocycles. The van der Waals surface area contributed by atoms with Crippen molar-refractivity contribution in [3.8, 4) is 11.1 Å². The first-order valence-corrected chi connectivity index (χ1v) is 19.8. The zero-order valence-electron chi connectivity index (χ0n) is 30.2. The van der Waals surface area contributed by atoms with Crippen LogP contribution in [0.4, 0.5) is 11.4 Å². The van der Waals surface area contributed by atoms with Crippen LogP contribution in [0.1, 0.15) is 76.2 Å². The fourth-order valence-electron chi connectivity index (χ4n) is 10.1. The number of benzene rings is 5. The predicted molar refractivity (Wildman–Crippen MR) is 219 cm³/mol. The Labute approximate surface area is 303 Å². The second kappa shape index (κ2) is 12.8. The van der Waals surface area contributed by atoms with Gasteiger partial charge in [0.15, 0.2) is 0 Å². The number of allylic oxidation sites excluding steroid dienone is 7. The van der Waals surface area contributed by atoms with Crippen molar-refractivity contribution in [2.45, 2.75) is 70.6 Å². The van der Waals surface area contributed by atoms with E-state index >= 15 is 0 Å². The van der Waals surface area contributed by atoms with Crippen molar-refractivity contribution in [1.29, 1.82) is 0 Å². The smallest absolute Gasteiger partial charge is 0.0404 e. The van der Waals surface area contributed by atoms with Gasteiger partial charge in [-0.15, -0.1) is 0 Å². The van der Waals surface area contributed by atoms with Crippen LogP contribution in [0.5, 0.6) is 0 Å². The largest absolute Gasteiger partial charge is 0.372 e. The minimum atomic E-state index is 1.08. The van der Waals surface area contributed by atoms with Crippen LogP contribution in [0.3, 0.4) is 0 Å². The molecule has 2 fully saturated rings. The molecule has 2 saturated heterocycles. The summed E-state index contributed by atoms with van der Waals surface area (Å²) in [6.45, 7) is 4.60. The van der Waals surface area contributed by atoms with E-state index in [1.807, 2.05) is 0 Å². The number of anilines is 2. The van der Waals surface area contributed by atoms with Gasteiger partial charge in [0.2, 0.25) is 0 Å². The van der Waals surface area contributed by atoms with Gasteiger partial charge in [0.05, 0.1) is 0 Å². The fraction of sp³-hybridized carbons (Fsp3) is 0.333. The molecule has 0 amide bonds. The first kappa shape index (κ1) is 31.0. The topological polar surface area (TPSA) is 9.72 Å². The van der Waals surface area contributed by atoms with E-state index in [1.54, 1.807) is 5.57 Å². The summed E-state index contributed by atoms with van der Waals surface area (Å²) in [6, 6.07) is 30.9. The van der Waals surface area contributed by atoms with Crippen molar-refractivity contribution < 1.29 is 0 Å². The molecular formula is C48H49N3. The van der Waals surface area contributed by atoms with E-state index in [0.717, 1.165) is 58.3 Å². The number of nitrogens with zero attached hydrogens (tertiary/aromatic N) is 3. The lowest BCUT2D eigenvalue weighted by Crippen LogP contribution is -2.29. The highest BCUT2D eigenvalue weighted by Crippen LogP contribution is 2.49. The highest BCUT2D eigenvalue weighted by molar-refractivity contribution is 6.22. The van der Waals surface area contributed by atoms with Crippen molar-refractivity contribution >= 4 is 49.3 Å². The van der Waals surface area contributed by atoms with Gasteiger partial charge in [-0.3, -0.25) is 0 Å². The van der Waals surface area contributed by atoms with Crippen LogP contribution in [-0.2, 0) is 0 Å². The quantitative estimate of drug-likeness (QED) is 0.177. The van der Waals surface area contributed by atoms with Crippen LogP contribution in [0, 0.1) is 0 Å². The van der Waals surface area contributed by atoms with Crippen LogP contribution in [-0.4, -0.2) is 38.1 Å². The van der Waals surface area contributed by atoms with E-state index in [1.165, 1.54) is 121 Å². The summed E-state index contributed by atoms with van der Waals surface area (Å²) in [5.74, 6) is 0. The lowest BCUT2D eigenvalue weighted by atomic mass is 9.79. The summed E-state index contributed by atoms with van der Waals surface area (Å²) in [6.07, 6.45) is 20.8.